The molecule has 0 amide bonds. The number of carboxylic acid groups (broad SMARTS) is 1. The molecule has 3 aromatic rings. The molecule has 0 unspecified atom stereocenters. The SMILES string of the molecule is COc1c(C)cc(C(=O)O)c2c3cc(Cl)ccc3n(C)c12. The van der Waals surface area contributed by atoms with Crippen LogP contribution in [0, 0.1) is 6.92 Å². The lowest BCUT2D eigenvalue weighted by Crippen LogP contribution is -2.01. The summed E-state index contributed by atoms with van der Waals surface area (Å²) in [7, 11) is 3.49. The van der Waals surface area contributed by atoms with E-state index in [9.17, 15) is 9.90 Å². The number of ether oxygens (including phenoxy) is 1. The van der Waals surface area contributed by atoms with Gasteiger partial charge in [0.25, 0.3) is 0 Å². The van der Waals surface area contributed by atoms with Gasteiger partial charge in [-0.1, -0.05) is 11.6 Å². The van der Waals surface area contributed by atoms with E-state index in [2.05, 4.69) is 0 Å². The molecule has 21 heavy (non-hydrogen) atoms. The van der Waals surface area contributed by atoms with Crippen molar-refractivity contribution >= 4 is 39.4 Å². The van der Waals surface area contributed by atoms with Crippen molar-refractivity contribution in [2.24, 2.45) is 7.05 Å². The largest absolute Gasteiger partial charge is 0.494 e. The van der Waals surface area contributed by atoms with Crippen LogP contribution in [0.4, 0.5) is 0 Å². The Balaban J connectivity index is 2.67. The fraction of sp³-hybridized carbons (Fsp3) is 0.188. The van der Waals surface area contributed by atoms with Gasteiger partial charge in [0.05, 0.1) is 18.2 Å². The van der Waals surface area contributed by atoms with Gasteiger partial charge in [0.2, 0.25) is 0 Å². The molecule has 0 saturated heterocycles. The van der Waals surface area contributed by atoms with Gasteiger partial charge >= 0.3 is 5.97 Å². The number of halogens is 1. The summed E-state index contributed by atoms with van der Waals surface area (Å²) >= 11 is 6.08. The molecular formula is C16H14ClNO3. The molecule has 108 valence electrons. The highest BCUT2D eigenvalue weighted by molar-refractivity contribution is 6.32. The van der Waals surface area contributed by atoms with E-state index in [4.69, 9.17) is 16.3 Å². The van der Waals surface area contributed by atoms with Crippen LogP contribution in [-0.2, 0) is 7.05 Å². The predicted octanol–water partition coefficient (Wildman–Crippen LogP) is 4.00. The second-order valence-corrected chi connectivity index (χ2v) is 5.46. The van der Waals surface area contributed by atoms with Crippen molar-refractivity contribution in [1.29, 1.82) is 0 Å². The summed E-state index contributed by atoms with van der Waals surface area (Å²) in [6, 6.07) is 7.12. The van der Waals surface area contributed by atoms with Gasteiger partial charge in [-0.3, -0.25) is 0 Å². The average molecular weight is 304 g/mol. The standard InChI is InChI=1S/C16H14ClNO3/c1-8-6-11(16(19)20)13-10-7-9(17)4-5-12(10)18(2)14(13)15(8)21-3/h4-7H,1-3H3,(H,19,20). The predicted molar refractivity (Wildman–Crippen MR) is 83.7 cm³/mol. The molecule has 4 nitrogen and oxygen atoms in total. The summed E-state index contributed by atoms with van der Waals surface area (Å²) in [4.78, 5) is 11.6. The molecule has 0 spiro atoms. The van der Waals surface area contributed by atoms with E-state index in [1.807, 2.05) is 24.6 Å². The first-order chi connectivity index (χ1) is 9.95. The topological polar surface area (TPSA) is 51.5 Å². The quantitative estimate of drug-likeness (QED) is 0.778. The monoisotopic (exact) mass is 303 g/mol. The van der Waals surface area contributed by atoms with Gasteiger partial charge in [-0.2, -0.15) is 0 Å². The van der Waals surface area contributed by atoms with Gasteiger partial charge in [-0.05, 0) is 36.8 Å². The molecule has 2 aromatic carbocycles. The van der Waals surface area contributed by atoms with Crippen molar-refractivity contribution in [1.82, 2.24) is 4.57 Å². The van der Waals surface area contributed by atoms with Crippen molar-refractivity contribution in [2.45, 2.75) is 6.92 Å². The molecule has 0 atom stereocenters. The van der Waals surface area contributed by atoms with E-state index in [-0.39, 0.29) is 5.56 Å². The Morgan fingerprint density at radius 1 is 1.33 bits per heavy atom. The zero-order valence-corrected chi connectivity index (χ0v) is 12.7. The molecule has 0 radical (unpaired) electrons. The van der Waals surface area contributed by atoms with Crippen LogP contribution in [-0.4, -0.2) is 22.8 Å². The van der Waals surface area contributed by atoms with Crippen LogP contribution >= 0.6 is 11.6 Å². The van der Waals surface area contributed by atoms with Gasteiger partial charge < -0.3 is 14.4 Å². The number of carboxylic acids is 1. The number of aromatic carboxylic acids is 1. The molecule has 5 heteroatoms. The second kappa shape index (κ2) is 4.67. The highest BCUT2D eigenvalue weighted by Crippen LogP contribution is 2.39. The molecule has 3 rings (SSSR count). The Morgan fingerprint density at radius 3 is 2.67 bits per heavy atom. The first kappa shape index (κ1) is 13.8. The normalized spacial score (nSPS) is 11.2. The lowest BCUT2D eigenvalue weighted by atomic mass is 10.0. The third-order valence-corrected chi connectivity index (χ3v) is 4.03. The van der Waals surface area contributed by atoms with Crippen LogP contribution in [0.3, 0.4) is 0 Å². The smallest absolute Gasteiger partial charge is 0.336 e. The molecule has 1 heterocycles. The minimum absolute atomic E-state index is 0.260. The van der Waals surface area contributed by atoms with Gasteiger partial charge in [0.1, 0.15) is 5.75 Å². The van der Waals surface area contributed by atoms with E-state index < -0.39 is 5.97 Å². The molecular weight excluding hydrogens is 290 g/mol. The van der Waals surface area contributed by atoms with E-state index >= 15 is 0 Å². The van der Waals surface area contributed by atoms with E-state index in [0.717, 1.165) is 22.0 Å². The molecule has 1 N–H and O–H groups in total. The number of aryl methyl sites for hydroxylation is 2. The maximum atomic E-state index is 11.6. The molecule has 0 aliphatic heterocycles. The fourth-order valence-corrected chi connectivity index (χ4v) is 3.09. The Kier molecular flexibility index (Phi) is 3.06. The van der Waals surface area contributed by atoms with Crippen LogP contribution in [0.2, 0.25) is 5.02 Å². The molecule has 0 fully saturated rings. The summed E-state index contributed by atoms with van der Waals surface area (Å²) in [5, 5.41) is 11.6. The lowest BCUT2D eigenvalue weighted by Gasteiger charge is -2.10. The summed E-state index contributed by atoms with van der Waals surface area (Å²) in [6.45, 7) is 1.84. The maximum Gasteiger partial charge on any atom is 0.336 e. The molecule has 0 aliphatic carbocycles. The summed E-state index contributed by atoms with van der Waals surface area (Å²) in [6.07, 6.45) is 0. The molecule has 1 aromatic heterocycles. The van der Waals surface area contributed by atoms with Crippen molar-refractivity contribution in [3.8, 4) is 5.75 Å². The van der Waals surface area contributed by atoms with Gasteiger partial charge in [0, 0.05) is 28.4 Å². The number of hydrogen-bond donors (Lipinski definition) is 1. The molecule has 0 saturated carbocycles. The van der Waals surface area contributed by atoms with Crippen molar-refractivity contribution in [3.63, 3.8) is 0 Å². The molecule has 0 bridgehead atoms. The average Bonchev–Trinajstić information content (AvgIpc) is 2.71. The van der Waals surface area contributed by atoms with Crippen LogP contribution in [0.1, 0.15) is 15.9 Å². The minimum atomic E-state index is -0.960. The third kappa shape index (κ3) is 1.87. The number of fused-ring (bicyclic) bond motifs is 3. The number of nitrogens with zero attached hydrogens (tertiary/aromatic N) is 1. The van der Waals surface area contributed by atoms with Crippen molar-refractivity contribution < 1.29 is 14.6 Å². The van der Waals surface area contributed by atoms with E-state index in [0.29, 0.717) is 16.2 Å². The number of methoxy groups -OCH3 is 1. The third-order valence-electron chi connectivity index (χ3n) is 3.80. The van der Waals surface area contributed by atoms with Crippen LogP contribution in [0.5, 0.6) is 5.75 Å². The van der Waals surface area contributed by atoms with Crippen LogP contribution in [0.25, 0.3) is 21.8 Å². The van der Waals surface area contributed by atoms with E-state index in [1.54, 1.807) is 25.3 Å². The highest BCUT2D eigenvalue weighted by atomic mass is 35.5. The van der Waals surface area contributed by atoms with Crippen molar-refractivity contribution in [3.05, 3.63) is 40.4 Å². The Labute approximate surface area is 126 Å². The second-order valence-electron chi connectivity index (χ2n) is 5.02. The number of carbonyl (C=O) groups is 1. The van der Waals surface area contributed by atoms with Crippen LogP contribution < -0.4 is 4.74 Å². The number of benzene rings is 2. The van der Waals surface area contributed by atoms with E-state index in [1.165, 1.54) is 0 Å². The first-order valence-electron chi connectivity index (χ1n) is 6.44. The zero-order valence-electron chi connectivity index (χ0n) is 11.9. The maximum absolute atomic E-state index is 11.6. The Morgan fingerprint density at radius 2 is 2.05 bits per heavy atom. The lowest BCUT2D eigenvalue weighted by molar-refractivity contribution is 0.0699. The Bertz CT molecular complexity index is 896. The number of hydrogen-bond acceptors (Lipinski definition) is 2. The number of aromatic nitrogens is 1. The first-order valence-corrected chi connectivity index (χ1v) is 6.82. The minimum Gasteiger partial charge on any atom is -0.494 e. The number of rotatable bonds is 2. The zero-order chi connectivity index (χ0) is 15.3. The molecule has 0 aliphatic rings. The van der Waals surface area contributed by atoms with Gasteiger partial charge in [0.15, 0.2) is 0 Å². The fourth-order valence-electron chi connectivity index (χ4n) is 2.92. The van der Waals surface area contributed by atoms with Gasteiger partial charge in [-0.25, -0.2) is 4.79 Å². The Hall–Kier alpha value is -2.20. The summed E-state index contributed by atoms with van der Waals surface area (Å²) in [5.74, 6) is -0.275. The van der Waals surface area contributed by atoms with Crippen LogP contribution in [0.15, 0.2) is 24.3 Å². The summed E-state index contributed by atoms with van der Waals surface area (Å²) < 4.78 is 7.43. The summed E-state index contributed by atoms with van der Waals surface area (Å²) in [5.41, 5.74) is 2.74. The van der Waals surface area contributed by atoms with Crippen molar-refractivity contribution in [2.75, 3.05) is 7.11 Å². The highest BCUT2D eigenvalue weighted by Gasteiger charge is 2.21. The van der Waals surface area contributed by atoms with Gasteiger partial charge in [-0.15, -0.1) is 0 Å².